The van der Waals surface area contributed by atoms with Crippen LogP contribution in [0, 0.1) is 11.3 Å². The van der Waals surface area contributed by atoms with Crippen LogP contribution < -0.4 is 0 Å². The molecule has 2 rings (SSSR count). The highest BCUT2D eigenvalue weighted by Gasteiger charge is 2.53. The normalized spacial score (nSPS) is 30.2. The molecular formula is C13H21NO3. The molecule has 4 nitrogen and oxygen atoms in total. The van der Waals surface area contributed by atoms with Crippen LogP contribution in [0.3, 0.4) is 0 Å². The molecule has 17 heavy (non-hydrogen) atoms. The number of amides is 1. The van der Waals surface area contributed by atoms with Gasteiger partial charge in [-0.15, -0.1) is 0 Å². The summed E-state index contributed by atoms with van der Waals surface area (Å²) >= 11 is 0. The zero-order chi connectivity index (χ0) is 12.6. The van der Waals surface area contributed by atoms with Crippen molar-refractivity contribution in [2.75, 3.05) is 13.2 Å². The number of hydrogen-bond donors (Lipinski definition) is 0. The van der Waals surface area contributed by atoms with Gasteiger partial charge < -0.3 is 9.64 Å². The molecule has 1 saturated heterocycles. The van der Waals surface area contributed by atoms with Gasteiger partial charge in [0.05, 0.1) is 6.61 Å². The molecule has 0 spiro atoms. The van der Waals surface area contributed by atoms with Crippen molar-refractivity contribution in [1.29, 1.82) is 0 Å². The van der Waals surface area contributed by atoms with Gasteiger partial charge in [-0.1, -0.05) is 13.8 Å². The SMILES string of the molecule is CCOC(=O)C1CCCN1C(=O)C1CC1(C)C. The Morgan fingerprint density at radius 3 is 2.59 bits per heavy atom. The van der Waals surface area contributed by atoms with Gasteiger partial charge in [0, 0.05) is 12.5 Å². The van der Waals surface area contributed by atoms with Gasteiger partial charge in [0.2, 0.25) is 5.91 Å². The molecule has 0 aromatic carbocycles. The predicted octanol–water partition coefficient (Wildman–Crippen LogP) is 1.59. The van der Waals surface area contributed by atoms with Crippen molar-refractivity contribution in [3.63, 3.8) is 0 Å². The zero-order valence-corrected chi connectivity index (χ0v) is 10.9. The van der Waals surface area contributed by atoms with E-state index < -0.39 is 0 Å². The molecule has 0 bridgehead atoms. The van der Waals surface area contributed by atoms with E-state index in [9.17, 15) is 9.59 Å². The number of rotatable bonds is 3. The van der Waals surface area contributed by atoms with Gasteiger partial charge in [-0.25, -0.2) is 4.79 Å². The Morgan fingerprint density at radius 1 is 1.41 bits per heavy atom. The Labute approximate surface area is 102 Å². The first-order valence-corrected chi connectivity index (χ1v) is 6.44. The maximum Gasteiger partial charge on any atom is 0.328 e. The highest BCUT2D eigenvalue weighted by Crippen LogP contribution is 2.53. The van der Waals surface area contributed by atoms with Gasteiger partial charge in [0.1, 0.15) is 6.04 Å². The topological polar surface area (TPSA) is 46.6 Å². The fourth-order valence-electron chi connectivity index (χ4n) is 2.60. The lowest BCUT2D eigenvalue weighted by molar-refractivity contribution is -0.153. The summed E-state index contributed by atoms with van der Waals surface area (Å²) in [7, 11) is 0. The number of hydrogen-bond acceptors (Lipinski definition) is 3. The van der Waals surface area contributed by atoms with Crippen LogP contribution in [0.25, 0.3) is 0 Å². The first kappa shape index (κ1) is 12.4. The van der Waals surface area contributed by atoms with E-state index in [1.807, 2.05) is 0 Å². The molecule has 2 aliphatic rings. The van der Waals surface area contributed by atoms with Crippen molar-refractivity contribution < 1.29 is 14.3 Å². The van der Waals surface area contributed by atoms with Crippen LogP contribution in [-0.2, 0) is 14.3 Å². The van der Waals surface area contributed by atoms with Crippen LogP contribution in [0.2, 0.25) is 0 Å². The van der Waals surface area contributed by atoms with E-state index in [2.05, 4.69) is 13.8 Å². The molecule has 0 radical (unpaired) electrons. The molecule has 1 heterocycles. The second-order valence-electron chi connectivity index (χ2n) is 5.69. The number of carbonyl (C=O) groups is 2. The first-order valence-electron chi connectivity index (χ1n) is 6.44. The molecule has 2 fully saturated rings. The Hall–Kier alpha value is -1.06. The third-order valence-electron chi connectivity index (χ3n) is 3.91. The van der Waals surface area contributed by atoms with Crippen LogP contribution in [-0.4, -0.2) is 36.0 Å². The lowest BCUT2D eigenvalue weighted by Crippen LogP contribution is -2.42. The number of esters is 1. The standard InChI is InChI=1S/C13H21NO3/c1-4-17-12(16)10-6-5-7-14(10)11(15)9-8-13(9,2)3/h9-10H,4-8H2,1-3H3. The molecule has 1 aliphatic carbocycles. The van der Waals surface area contributed by atoms with E-state index in [0.717, 1.165) is 19.3 Å². The Balaban J connectivity index is 2.00. The Kier molecular flexibility index (Phi) is 3.15. The van der Waals surface area contributed by atoms with Gasteiger partial charge in [0.25, 0.3) is 0 Å². The minimum absolute atomic E-state index is 0.109. The molecule has 2 unspecified atom stereocenters. The van der Waals surface area contributed by atoms with Crippen LogP contribution in [0.15, 0.2) is 0 Å². The van der Waals surface area contributed by atoms with E-state index in [1.54, 1.807) is 11.8 Å². The highest BCUT2D eigenvalue weighted by molar-refractivity contribution is 5.88. The smallest absolute Gasteiger partial charge is 0.328 e. The van der Waals surface area contributed by atoms with Crippen molar-refractivity contribution in [2.24, 2.45) is 11.3 Å². The molecule has 0 N–H and O–H groups in total. The van der Waals surface area contributed by atoms with Crippen molar-refractivity contribution in [1.82, 2.24) is 4.90 Å². The third-order valence-corrected chi connectivity index (χ3v) is 3.91. The molecule has 4 heteroatoms. The largest absolute Gasteiger partial charge is 0.464 e. The van der Waals surface area contributed by atoms with Gasteiger partial charge >= 0.3 is 5.97 Å². The monoisotopic (exact) mass is 239 g/mol. The minimum atomic E-state index is -0.334. The van der Waals surface area contributed by atoms with Gasteiger partial charge in [0.15, 0.2) is 0 Å². The van der Waals surface area contributed by atoms with Crippen molar-refractivity contribution in [3.05, 3.63) is 0 Å². The fourth-order valence-corrected chi connectivity index (χ4v) is 2.60. The predicted molar refractivity (Wildman–Crippen MR) is 63.3 cm³/mol. The van der Waals surface area contributed by atoms with Gasteiger partial charge in [-0.3, -0.25) is 4.79 Å². The van der Waals surface area contributed by atoms with Crippen LogP contribution in [0.5, 0.6) is 0 Å². The number of ether oxygens (including phenoxy) is 1. The van der Waals surface area contributed by atoms with Crippen molar-refractivity contribution in [3.8, 4) is 0 Å². The highest BCUT2D eigenvalue weighted by atomic mass is 16.5. The van der Waals surface area contributed by atoms with E-state index in [-0.39, 0.29) is 29.3 Å². The Morgan fingerprint density at radius 2 is 2.06 bits per heavy atom. The summed E-state index contributed by atoms with van der Waals surface area (Å²) in [4.78, 5) is 25.7. The molecule has 0 aromatic heterocycles. The number of carbonyl (C=O) groups excluding carboxylic acids is 2. The summed E-state index contributed by atoms with van der Waals surface area (Å²) in [5.74, 6) is 0.0138. The van der Waals surface area contributed by atoms with E-state index in [1.165, 1.54) is 0 Å². The summed E-state index contributed by atoms with van der Waals surface area (Å²) in [6, 6.07) is -0.334. The third kappa shape index (κ3) is 2.31. The lowest BCUT2D eigenvalue weighted by Gasteiger charge is -2.23. The molecule has 1 aliphatic heterocycles. The molecule has 1 amide bonds. The quantitative estimate of drug-likeness (QED) is 0.703. The Bertz CT molecular complexity index is 338. The fraction of sp³-hybridized carbons (Fsp3) is 0.846. The lowest BCUT2D eigenvalue weighted by atomic mass is 10.1. The van der Waals surface area contributed by atoms with Crippen LogP contribution in [0.1, 0.15) is 40.0 Å². The summed E-state index contributed by atoms with van der Waals surface area (Å²) in [5.41, 5.74) is 0.124. The summed E-state index contributed by atoms with van der Waals surface area (Å²) in [5, 5.41) is 0. The molecule has 2 atom stereocenters. The van der Waals surface area contributed by atoms with Gasteiger partial charge in [-0.2, -0.15) is 0 Å². The average Bonchev–Trinajstić information content (AvgIpc) is 2.73. The van der Waals surface area contributed by atoms with Crippen molar-refractivity contribution >= 4 is 11.9 Å². The maximum absolute atomic E-state index is 12.3. The molecule has 0 aromatic rings. The summed E-state index contributed by atoms with van der Waals surface area (Å²) in [6.45, 7) is 7.08. The van der Waals surface area contributed by atoms with Crippen LogP contribution in [0.4, 0.5) is 0 Å². The minimum Gasteiger partial charge on any atom is -0.464 e. The zero-order valence-electron chi connectivity index (χ0n) is 10.9. The molecular weight excluding hydrogens is 218 g/mol. The van der Waals surface area contributed by atoms with E-state index >= 15 is 0 Å². The summed E-state index contributed by atoms with van der Waals surface area (Å²) in [6.07, 6.45) is 2.60. The number of likely N-dealkylation sites (tertiary alicyclic amines) is 1. The van der Waals surface area contributed by atoms with Crippen LogP contribution >= 0.6 is 0 Å². The van der Waals surface area contributed by atoms with E-state index in [4.69, 9.17) is 4.74 Å². The van der Waals surface area contributed by atoms with Gasteiger partial charge in [-0.05, 0) is 31.6 Å². The summed E-state index contributed by atoms with van der Waals surface area (Å²) < 4.78 is 5.03. The molecule has 1 saturated carbocycles. The first-order chi connectivity index (χ1) is 7.97. The average molecular weight is 239 g/mol. The molecule has 96 valence electrons. The number of nitrogens with zero attached hydrogens (tertiary/aromatic N) is 1. The van der Waals surface area contributed by atoms with Crippen molar-refractivity contribution in [2.45, 2.75) is 46.1 Å². The second kappa shape index (κ2) is 4.31. The maximum atomic E-state index is 12.3. The second-order valence-corrected chi connectivity index (χ2v) is 5.69. The van der Waals surface area contributed by atoms with E-state index in [0.29, 0.717) is 13.2 Å².